The van der Waals surface area contributed by atoms with E-state index in [1.54, 1.807) is 0 Å². The summed E-state index contributed by atoms with van der Waals surface area (Å²) in [7, 11) is 2.72. The molecule has 1 unspecified atom stereocenters. The minimum atomic E-state index is -0.930. The molecule has 0 amide bonds. The number of H-pyrrole nitrogens is 1. The van der Waals surface area contributed by atoms with Gasteiger partial charge in [0.1, 0.15) is 12.3 Å². The summed E-state index contributed by atoms with van der Waals surface area (Å²) in [6.45, 7) is -0.360. The number of hydrogen-bond donors (Lipinski definition) is 3. The second kappa shape index (κ2) is 6.50. The molecule has 0 radical (unpaired) electrons. The number of aliphatic hydroxyl groups excluding tert-OH is 2. The Morgan fingerprint density at radius 2 is 2.14 bits per heavy atom. The minimum absolute atomic E-state index is 0.102. The Balaban J connectivity index is 2.39. The Hall–Kier alpha value is -1.52. The lowest BCUT2D eigenvalue weighted by Crippen LogP contribution is -2.35. The zero-order chi connectivity index (χ0) is 15.6. The first-order chi connectivity index (χ1) is 10.0. The van der Waals surface area contributed by atoms with Crippen LogP contribution in [0, 0.1) is 0 Å². The molecule has 21 heavy (non-hydrogen) atoms. The molecule has 2 rings (SSSR count). The number of aliphatic hydroxyl groups is 2. The molecule has 1 aliphatic heterocycles. The van der Waals surface area contributed by atoms with Gasteiger partial charge in [-0.05, 0) is 0 Å². The topological polar surface area (TPSA) is 123 Å². The van der Waals surface area contributed by atoms with E-state index < -0.39 is 36.0 Å². The fraction of sp³-hybridized carbons (Fsp3) is 0.667. The van der Waals surface area contributed by atoms with Gasteiger partial charge in [-0.1, -0.05) is 0 Å². The van der Waals surface area contributed by atoms with E-state index in [4.69, 9.17) is 19.3 Å². The van der Waals surface area contributed by atoms with Gasteiger partial charge in [0.2, 0.25) is 0 Å². The zero-order valence-corrected chi connectivity index (χ0v) is 11.7. The Morgan fingerprint density at radius 1 is 1.48 bits per heavy atom. The van der Waals surface area contributed by atoms with Gasteiger partial charge in [-0.3, -0.25) is 14.3 Å². The number of nitrogens with one attached hydrogen (secondary N) is 1. The van der Waals surface area contributed by atoms with Crippen molar-refractivity contribution >= 4 is 0 Å². The summed E-state index contributed by atoms with van der Waals surface area (Å²) in [6, 6.07) is 0. The van der Waals surface area contributed by atoms with E-state index in [-0.39, 0.29) is 18.6 Å². The van der Waals surface area contributed by atoms with Gasteiger partial charge in [0.05, 0.1) is 18.3 Å². The highest BCUT2D eigenvalue weighted by Crippen LogP contribution is 2.27. The smallest absolute Gasteiger partial charge is 0.330 e. The molecule has 3 atom stereocenters. The van der Waals surface area contributed by atoms with E-state index in [0.29, 0.717) is 0 Å². The first-order valence-corrected chi connectivity index (χ1v) is 6.37. The fourth-order valence-electron chi connectivity index (χ4n) is 2.28. The van der Waals surface area contributed by atoms with Crippen molar-refractivity contribution in [1.29, 1.82) is 0 Å². The predicted molar refractivity (Wildman–Crippen MR) is 69.7 cm³/mol. The Labute approximate surface area is 119 Å². The standard InChI is InChI=1S/C12H18N2O7/c1-19-11(20-2)6-4-14(12(18)13-10(6)17)9-3-7(16)8(5-15)21-9/h4,7-9,11,15-16H,3,5H2,1-2H3,(H,13,17,18)/t7-,8+,9?/m0/s1. The molecule has 1 aromatic heterocycles. The summed E-state index contributed by atoms with van der Waals surface area (Å²) >= 11 is 0. The fourth-order valence-corrected chi connectivity index (χ4v) is 2.28. The number of rotatable bonds is 5. The lowest BCUT2D eigenvalue weighted by molar-refractivity contribution is -0.107. The van der Waals surface area contributed by atoms with Crippen LogP contribution in [0.3, 0.4) is 0 Å². The van der Waals surface area contributed by atoms with Crippen LogP contribution in [-0.4, -0.2) is 52.8 Å². The normalized spacial score (nSPS) is 25.7. The van der Waals surface area contributed by atoms with Crippen LogP contribution >= 0.6 is 0 Å². The van der Waals surface area contributed by atoms with Gasteiger partial charge in [-0.15, -0.1) is 0 Å². The van der Waals surface area contributed by atoms with Gasteiger partial charge in [0.15, 0.2) is 6.29 Å². The Bertz CT molecular complexity index is 592. The highest BCUT2D eigenvalue weighted by Gasteiger charge is 2.35. The summed E-state index contributed by atoms with van der Waals surface area (Å²) in [5.74, 6) is 0. The SMILES string of the molecule is COC(OC)c1cn(C2C[C@H](O)[C@@H](CO)O2)c(=O)[nH]c1=O. The van der Waals surface area contributed by atoms with Crippen molar-refractivity contribution in [3.8, 4) is 0 Å². The van der Waals surface area contributed by atoms with Crippen molar-refractivity contribution in [2.24, 2.45) is 0 Å². The van der Waals surface area contributed by atoms with Crippen molar-refractivity contribution in [2.75, 3.05) is 20.8 Å². The number of aromatic nitrogens is 2. The second-order valence-corrected chi connectivity index (χ2v) is 4.67. The largest absolute Gasteiger partial charge is 0.394 e. The van der Waals surface area contributed by atoms with Crippen LogP contribution in [0.4, 0.5) is 0 Å². The van der Waals surface area contributed by atoms with Crippen molar-refractivity contribution in [2.45, 2.75) is 31.1 Å². The van der Waals surface area contributed by atoms with E-state index >= 15 is 0 Å². The number of ether oxygens (including phenoxy) is 3. The molecule has 0 spiro atoms. The van der Waals surface area contributed by atoms with Crippen molar-refractivity contribution in [3.63, 3.8) is 0 Å². The molecule has 0 bridgehead atoms. The van der Waals surface area contributed by atoms with Crippen LogP contribution in [0.25, 0.3) is 0 Å². The number of aromatic amines is 1. The molecule has 118 valence electrons. The van der Waals surface area contributed by atoms with Gasteiger partial charge in [-0.2, -0.15) is 0 Å². The number of methoxy groups -OCH3 is 2. The summed E-state index contributed by atoms with van der Waals surface area (Å²) in [5.41, 5.74) is -1.20. The quantitative estimate of drug-likeness (QED) is 0.564. The maximum Gasteiger partial charge on any atom is 0.330 e. The minimum Gasteiger partial charge on any atom is -0.394 e. The van der Waals surface area contributed by atoms with E-state index in [2.05, 4.69) is 4.98 Å². The van der Waals surface area contributed by atoms with Crippen molar-refractivity contribution in [3.05, 3.63) is 32.6 Å². The molecule has 0 aliphatic carbocycles. The molecule has 9 heteroatoms. The van der Waals surface area contributed by atoms with Gasteiger partial charge in [0, 0.05) is 26.8 Å². The molecular formula is C12H18N2O7. The van der Waals surface area contributed by atoms with Crippen LogP contribution < -0.4 is 11.2 Å². The molecule has 1 saturated heterocycles. The number of hydrogen-bond acceptors (Lipinski definition) is 7. The Kier molecular flexibility index (Phi) is 4.91. The lowest BCUT2D eigenvalue weighted by Gasteiger charge is -2.18. The third-order valence-corrected chi connectivity index (χ3v) is 3.37. The van der Waals surface area contributed by atoms with Crippen LogP contribution in [0.1, 0.15) is 24.5 Å². The summed E-state index contributed by atoms with van der Waals surface area (Å²) in [5, 5.41) is 18.8. The first-order valence-electron chi connectivity index (χ1n) is 6.37. The molecule has 3 N–H and O–H groups in total. The first kappa shape index (κ1) is 15.9. The second-order valence-electron chi connectivity index (χ2n) is 4.67. The van der Waals surface area contributed by atoms with Gasteiger partial charge in [-0.25, -0.2) is 4.79 Å². The molecule has 9 nitrogen and oxygen atoms in total. The maximum absolute atomic E-state index is 11.9. The van der Waals surface area contributed by atoms with Gasteiger partial charge in [0.25, 0.3) is 5.56 Å². The average Bonchev–Trinajstić information content (AvgIpc) is 2.83. The monoisotopic (exact) mass is 302 g/mol. The Morgan fingerprint density at radius 3 is 2.67 bits per heavy atom. The molecule has 1 aromatic rings. The van der Waals surface area contributed by atoms with Crippen LogP contribution in [-0.2, 0) is 14.2 Å². The van der Waals surface area contributed by atoms with E-state index in [0.717, 1.165) is 4.57 Å². The average molecular weight is 302 g/mol. The summed E-state index contributed by atoms with van der Waals surface area (Å²) < 4.78 is 16.5. The highest BCUT2D eigenvalue weighted by atomic mass is 16.7. The molecular weight excluding hydrogens is 284 g/mol. The van der Waals surface area contributed by atoms with Crippen LogP contribution in [0.5, 0.6) is 0 Å². The highest BCUT2D eigenvalue weighted by molar-refractivity contribution is 5.07. The summed E-state index contributed by atoms with van der Waals surface area (Å²) in [6.07, 6.45) is -1.96. The summed E-state index contributed by atoms with van der Waals surface area (Å²) in [4.78, 5) is 25.8. The van der Waals surface area contributed by atoms with Crippen LogP contribution in [0.15, 0.2) is 15.8 Å². The van der Waals surface area contributed by atoms with Gasteiger partial charge >= 0.3 is 5.69 Å². The maximum atomic E-state index is 11.9. The van der Waals surface area contributed by atoms with Crippen molar-refractivity contribution < 1.29 is 24.4 Å². The molecule has 1 fully saturated rings. The van der Waals surface area contributed by atoms with Gasteiger partial charge < -0.3 is 24.4 Å². The lowest BCUT2D eigenvalue weighted by atomic mass is 10.2. The molecule has 2 heterocycles. The van der Waals surface area contributed by atoms with Crippen molar-refractivity contribution in [1.82, 2.24) is 9.55 Å². The third-order valence-electron chi connectivity index (χ3n) is 3.37. The molecule has 1 aliphatic rings. The van der Waals surface area contributed by atoms with E-state index in [9.17, 15) is 14.7 Å². The van der Waals surface area contributed by atoms with E-state index in [1.807, 2.05) is 0 Å². The predicted octanol–water partition coefficient (Wildman–Crippen LogP) is -1.53. The number of nitrogens with zero attached hydrogens (tertiary/aromatic N) is 1. The zero-order valence-electron chi connectivity index (χ0n) is 11.7. The molecule has 0 aromatic carbocycles. The molecule has 0 saturated carbocycles. The van der Waals surface area contributed by atoms with Crippen LogP contribution in [0.2, 0.25) is 0 Å². The van der Waals surface area contributed by atoms with E-state index in [1.165, 1.54) is 20.4 Å². The third kappa shape index (κ3) is 3.06.